The summed E-state index contributed by atoms with van der Waals surface area (Å²) in [4.78, 5) is 63.5. The molecular weight excluding hydrogens is 778 g/mol. The van der Waals surface area contributed by atoms with E-state index in [1.54, 1.807) is 19.2 Å². The minimum atomic E-state index is -1.07. The number of anilines is 1. The van der Waals surface area contributed by atoms with Crippen molar-refractivity contribution in [2.24, 2.45) is 0 Å². The molecule has 1 unspecified atom stereocenters. The molecule has 2 heterocycles. The SMILES string of the molecule is COCCOCCOCCOCCOCCOCCOCCOCCOCCOCCOCCCCCC(=O)Nc1cccc2c1C(=O)N(C1CCC(=O)NC1=O)C2=O. The molecule has 59 heavy (non-hydrogen) atoms. The second-order valence-electron chi connectivity index (χ2n) is 13.2. The maximum absolute atomic E-state index is 13.2. The van der Waals surface area contributed by atoms with Gasteiger partial charge in [-0.1, -0.05) is 12.5 Å². The summed E-state index contributed by atoms with van der Waals surface area (Å²) in [5.41, 5.74) is 0.381. The summed E-state index contributed by atoms with van der Waals surface area (Å²) in [7, 11) is 1.64. The highest BCUT2D eigenvalue weighted by Crippen LogP contribution is 2.32. The lowest BCUT2D eigenvalue weighted by Gasteiger charge is -2.27. The number of benzene rings is 1. The Balaban J connectivity index is 1.01. The van der Waals surface area contributed by atoms with E-state index in [1.165, 1.54) is 6.07 Å². The van der Waals surface area contributed by atoms with E-state index in [0.717, 1.165) is 17.7 Å². The molecule has 1 aromatic carbocycles. The van der Waals surface area contributed by atoms with Crippen LogP contribution < -0.4 is 10.6 Å². The Kier molecular flexibility index (Phi) is 27.3. The van der Waals surface area contributed by atoms with Gasteiger partial charge in [0.25, 0.3) is 11.8 Å². The number of nitrogens with one attached hydrogen (secondary N) is 2. The van der Waals surface area contributed by atoms with Gasteiger partial charge in [0, 0.05) is 26.6 Å². The first-order chi connectivity index (χ1) is 28.9. The lowest BCUT2D eigenvalue weighted by atomic mass is 10.0. The standard InChI is InChI=1S/C40H63N3O16/c1-49-12-13-51-16-17-53-20-21-55-24-25-57-28-29-59-31-30-58-27-26-56-23-22-54-19-18-52-15-14-50-11-4-2-3-8-35(44)41-33-7-5-6-32-37(33)40(48)43(39(32)47)34-9-10-36(45)42-38(34)46/h5-7,34H,2-4,8-31H2,1H3,(H,41,44)(H,42,45,46). The normalized spacial score (nSPS) is 15.3. The van der Waals surface area contributed by atoms with Crippen molar-refractivity contribution in [2.45, 2.75) is 44.6 Å². The monoisotopic (exact) mass is 841 g/mol. The van der Waals surface area contributed by atoms with E-state index in [-0.39, 0.29) is 42.0 Å². The minimum Gasteiger partial charge on any atom is -0.382 e. The minimum absolute atomic E-state index is 0.0278. The van der Waals surface area contributed by atoms with E-state index in [0.29, 0.717) is 145 Å². The number of hydrogen-bond acceptors (Lipinski definition) is 16. The average Bonchev–Trinajstić information content (AvgIpc) is 3.48. The van der Waals surface area contributed by atoms with E-state index in [4.69, 9.17) is 52.1 Å². The second kappa shape index (κ2) is 32.3. The fourth-order valence-electron chi connectivity index (χ4n) is 5.72. The number of imide groups is 2. The fraction of sp³-hybridized carbons (Fsp3) is 0.725. The van der Waals surface area contributed by atoms with E-state index >= 15 is 0 Å². The summed E-state index contributed by atoms with van der Waals surface area (Å²) >= 11 is 0. The van der Waals surface area contributed by atoms with Crippen LogP contribution in [0.4, 0.5) is 5.69 Å². The van der Waals surface area contributed by atoms with Crippen molar-refractivity contribution in [1.29, 1.82) is 0 Å². The molecule has 0 radical (unpaired) electrons. The predicted molar refractivity (Wildman–Crippen MR) is 210 cm³/mol. The third-order valence-electron chi connectivity index (χ3n) is 8.71. The van der Waals surface area contributed by atoms with Crippen molar-refractivity contribution in [3.8, 4) is 0 Å². The first-order valence-electron chi connectivity index (χ1n) is 20.3. The predicted octanol–water partition coefficient (Wildman–Crippen LogP) is 1.40. The van der Waals surface area contributed by atoms with Crippen LogP contribution in [0.1, 0.15) is 59.2 Å². The zero-order valence-corrected chi connectivity index (χ0v) is 34.4. The molecule has 0 saturated carbocycles. The molecule has 19 nitrogen and oxygen atoms in total. The summed E-state index contributed by atoms with van der Waals surface area (Å²) in [6.07, 6.45) is 2.45. The van der Waals surface area contributed by atoms with Gasteiger partial charge in [0.1, 0.15) is 6.04 Å². The van der Waals surface area contributed by atoms with Gasteiger partial charge < -0.3 is 57.4 Å². The number of unbranched alkanes of at least 4 members (excludes halogenated alkanes) is 2. The van der Waals surface area contributed by atoms with Crippen LogP contribution in [0.5, 0.6) is 0 Å². The lowest BCUT2D eigenvalue weighted by Crippen LogP contribution is -2.54. The topological polar surface area (TPSA) is 214 Å². The van der Waals surface area contributed by atoms with Gasteiger partial charge in [0.05, 0.1) is 149 Å². The van der Waals surface area contributed by atoms with Crippen molar-refractivity contribution >= 4 is 35.2 Å². The first-order valence-corrected chi connectivity index (χ1v) is 20.3. The van der Waals surface area contributed by atoms with Crippen LogP contribution in [0.25, 0.3) is 0 Å². The van der Waals surface area contributed by atoms with Crippen LogP contribution >= 0.6 is 0 Å². The molecule has 0 bridgehead atoms. The number of methoxy groups -OCH3 is 1. The van der Waals surface area contributed by atoms with Crippen LogP contribution in [0, 0.1) is 0 Å². The van der Waals surface area contributed by atoms with Crippen molar-refractivity contribution < 1.29 is 76.1 Å². The van der Waals surface area contributed by atoms with E-state index in [2.05, 4.69) is 10.6 Å². The molecule has 1 aromatic rings. The average molecular weight is 842 g/mol. The Morgan fingerprint density at radius 3 is 1.47 bits per heavy atom. The Hall–Kier alpha value is -3.47. The highest BCUT2D eigenvalue weighted by molar-refractivity contribution is 6.26. The number of nitrogens with zero attached hydrogens (tertiary/aromatic N) is 1. The molecule has 0 spiro atoms. The van der Waals surface area contributed by atoms with Crippen molar-refractivity contribution in [1.82, 2.24) is 10.2 Å². The van der Waals surface area contributed by atoms with Crippen LogP contribution in [-0.4, -0.2) is 186 Å². The summed E-state index contributed by atoms with van der Waals surface area (Å²) < 4.78 is 59.6. The molecule has 0 aliphatic carbocycles. The Bertz CT molecular complexity index is 1370. The van der Waals surface area contributed by atoms with E-state index in [1.807, 2.05) is 0 Å². The third kappa shape index (κ3) is 21.1. The van der Waals surface area contributed by atoms with Crippen LogP contribution in [0.3, 0.4) is 0 Å². The van der Waals surface area contributed by atoms with Gasteiger partial charge in [-0.25, -0.2) is 0 Å². The van der Waals surface area contributed by atoms with Crippen LogP contribution in [0.2, 0.25) is 0 Å². The molecule has 1 atom stereocenters. The van der Waals surface area contributed by atoms with Gasteiger partial charge in [-0.05, 0) is 31.4 Å². The van der Waals surface area contributed by atoms with Gasteiger partial charge >= 0.3 is 0 Å². The molecule has 3 rings (SSSR count). The number of carbonyl (C=O) groups is 5. The Morgan fingerprint density at radius 1 is 0.593 bits per heavy atom. The Labute approximate surface area is 346 Å². The maximum atomic E-state index is 13.2. The van der Waals surface area contributed by atoms with Crippen LogP contribution in [-0.2, 0) is 66.5 Å². The second-order valence-corrected chi connectivity index (χ2v) is 13.2. The molecule has 2 aliphatic rings. The molecule has 334 valence electrons. The van der Waals surface area contributed by atoms with Crippen molar-refractivity contribution in [2.75, 3.05) is 151 Å². The molecule has 1 fully saturated rings. The lowest BCUT2D eigenvalue weighted by molar-refractivity contribution is -0.136. The number of fused-ring (bicyclic) bond motifs is 1. The third-order valence-corrected chi connectivity index (χ3v) is 8.71. The van der Waals surface area contributed by atoms with Gasteiger partial charge in [-0.15, -0.1) is 0 Å². The summed E-state index contributed by atoms with van der Waals surface area (Å²) in [6, 6.07) is 3.53. The zero-order valence-electron chi connectivity index (χ0n) is 34.4. The number of carbonyl (C=O) groups excluding carboxylic acids is 5. The number of piperidine rings is 1. The smallest absolute Gasteiger partial charge is 0.264 e. The largest absolute Gasteiger partial charge is 0.382 e. The van der Waals surface area contributed by atoms with Gasteiger partial charge in [-0.3, -0.25) is 34.2 Å². The highest BCUT2D eigenvalue weighted by atomic mass is 16.6. The maximum Gasteiger partial charge on any atom is 0.264 e. The molecule has 0 aromatic heterocycles. The fourth-order valence-corrected chi connectivity index (χ4v) is 5.72. The van der Waals surface area contributed by atoms with Crippen molar-refractivity contribution in [3.05, 3.63) is 29.3 Å². The Morgan fingerprint density at radius 2 is 1.03 bits per heavy atom. The number of ether oxygens (including phenoxy) is 11. The van der Waals surface area contributed by atoms with Gasteiger partial charge in [0.2, 0.25) is 17.7 Å². The first kappa shape index (κ1) is 49.9. The summed E-state index contributed by atoms with van der Waals surface area (Å²) in [5, 5.41) is 4.91. The molecule has 5 amide bonds. The number of rotatable bonds is 38. The summed E-state index contributed by atoms with van der Waals surface area (Å²) in [5.74, 6) is -2.72. The van der Waals surface area contributed by atoms with Gasteiger partial charge in [-0.2, -0.15) is 0 Å². The van der Waals surface area contributed by atoms with E-state index < -0.39 is 29.7 Å². The summed E-state index contributed by atoms with van der Waals surface area (Å²) in [6.45, 7) is 10.4. The molecule has 1 saturated heterocycles. The number of amides is 5. The van der Waals surface area contributed by atoms with Crippen molar-refractivity contribution in [3.63, 3.8) is 0 Å². The number of hydrogen-bond donors (Lipinski definition) is 2. The van der Waals surface area contributed by atoms with Gasteiger partial charge in [0.15, 0.2) is 0 Å². The molecule has 19 heteroatoms. The van der Waals surface area contributed by atoms with Crippen LogP contribution in [0.15, 0.2) is 18.2 Å². The quantitative estimate of drug-likeness (QED) is 0.0711. The highest BCUT2D eigenvalue weighted by Gasteiger charge is 2.45. The van der Waals surface area contributed by atoms with E-state index in [9.17, 15) is 24.0 Å². The molecular formula is C40H63N3O16. The molecule has 2 aliphatic heterocycles. The molecule has 2 N–H and O–H groups in total. The zero-order chi connectivity index (χ0) is 42.2.